The molecular formula is C28H42N6O4. The van der Waals surface area contributed by atoms with Gasteiger partial charge in [-0.15, -0.1) is 0 Å². The van der Waals surface area contributed by atoms with Crippen molar-refractivity contribution in [2.75, 3.05) is 79.2 Å². The Morgan fingerprint density at radius 2 is 1.82 bits per heavy atom. The molecule has 4 heterocycles. The number of amides is 2. The first kappa shape index (κ1) is 26.9. The number of nitrogens with one attached hydrogen (secondary N) is 1. The van der Waals surface area contributed by atoms with Gasteiger partial charge in [-0.05, 0) is 32.0 Å². The fourth-order valence-corrected chi connectivity index (χ4v) is 5.95. The molecule has 0 aliphatic carbocycles. The van der Waals surface area contributed by atoms with Crippen molar-refractivity contribution < 1.29 is 19.1 Å². The van der Waals surface area contributed by atoms with Gasteiger partial charge >= 0.3 is 0 Å². The summed E-state index contributed by atoms with van der Waals surface area (Å²) in [6, 6.07) is 8.83. The van der Waals surface area contributed by atoms with Crippen LogP contribution in [-0.4, -0.2) is 133 Å². The Bertz CT molecular complexity index is 1140. The first-order chi connectivity index (χ1) is 18.3. The van der Waals surface area contributed by atoms with Gasteiger partial charge in [0.1, 0.15) is 11.4 Å². The van der Waals surface area contributed by atoms with Crippen LogP contribution in [-0.2, 0) is 16.6 Å². The van der Waals surface area contributed by atoms with Crippen LogP contribution in [0.4, 0.5) is 0 Å². The van der Waals surface area contributed by atoms with E-state index in [4.69, 9.17) is 9.47 Å². The van der Waals surface area contributed by atoms with Gasteiger partial charge in [0.05, 0.1) is 32.4 Å². The van der Waals surface area contributed by atoms with E-state index in [2.05, 4.69) is 29.0 Å². The van der Waals surface area contributed by atoms with Gasteiger partial charge in [0.2, 0.25) is 5.91 Å². The number of aromatic nitrogens is 1. The van der Waals surface area contributed by atoms with Crippen molar-refractivity contribution >= 4 is 22.7 Å². The Kier molecular flexibility index (Phi) is 8.23. The molecule has 3 fully saturated rings. The van der Waals surface area contributed by atoms with Crippen LogP contribution < -0.4 is 10.1 Å². The average molecular weight is 527 g/mol. The summed E-state index contributed by atoms with van der Waals surface area (Å²) < 4.78 is 12.9. The van der Waals surface area contributed by atoms with Crippen LogP contribution in [0.3, 0.4) is 0 Å². The Morgan fingerprint density at radius 3 is 2.55 bits per heavy atom. The molecule has 0 saturated carbocycles. The maximum atomic E-state index is 13.4. The highest BCUT2D eigenvalue weighted by Gasteiger charge is 2.33. The number of ether oxygens (including phenoxy) is 2. The molecule has 3 atom stereocenters. The molecule has 0 bridgehead atoms. The molecule has 5 rings (SSSR count). The van der Waals surface area contributed by atoms with E-state index >= 15 is 0 Å². The summed E-state index contributed by atoms with van der Waals surface area (Å²) in [6.45, 7) is 12.2. The van der Waals surface area contributed by atoms with E-state index in [9.17, 15) is 9.59 Å². The number of benzene rings is 1. The zero-order valence-corrected chi connectivity index (χ0v) is 23.2. The number of hydrogen-bond acceptors (Lipinski definition) is 7. The molecule has 10 heteroatoms. The van der Waals surface area contributed by atoms with Gasteiger partial charge in [-0.25, -0.2) is 0 Å². The van der Waals surface area contributed by atoms with Crippen LogP contribution in [0, 0.1) is 0 Å². The molecule has 0 unspecified atom stereocenters. The zero-order valence-electron chi connectivity index (χ0n) is 23.2. The number of piperazine rings is 2. The molecule has 2 amide bonds. The first-order valence-electron chi connectivity index (χ1n) is 13.8. The SMILES string of the molecule is COc1ccc2cc(C(=O)N3CCN(C(=O)CN4C[C@@H](C)NC[C@@H]4CN4CCOC[C@H]4C)CC3)n(C)c2c1. The number of carbonyl (C=O) groups excluding carboxylic acids is 2. The van der Waals surface area contributed by atoms with Crippen LogP contribution in [0.15, 0.2) is 24.3 Å². The van der Waals surface area contributed by atoms with E-state index in [1.807, 2.05) is 45.7 Å². The fraction of sp³-hybridized carbons (Fsp3) is 0.643. The standard InChI is InChI=1S/C28H42N6O4/c1-20-16-34(23(15-29-20)17-33-11-12-38-19-21(33)2)18-27(35)31-7-9-32(10-8-31)28(36)26-13-22-5-6-24(37-4)14-25(22)30(26)3/h5-6,13-14,20-21,23,29H,7-12,15-19H2,1-4H3/t20-,21-,23-/m1/s1. The quantitative estimate of drug-likeness (QED) is 0.598. The third kappa shape index (κ3) is 5.68. The van der Waals surface area contributed by atoms with Crippen LogP contribution >= 0.6 is 0 Å². The molecule has 208 valence electrons. The molecule has 3 aliphatic rings. The number of nitrogens with zero attached hydrogens (tertiary/aromatic N) is 5. The third-order valence-electron chi connectivity index (χ3n) is 8.41. The average Bonchev–Trinajstić information content (AvgIpc) is 3.26. The van der Waals surface area contributed by atoms with E-state index < -0.39 is 0 Å². The highest BCUT2D eigenvalue weighted by molar-refractivity contribution is 5.99. The summed E-state index contributed by atoms with van der Waals surface area (Å²) in [7, 11) is 3.56. The zero-order chi connectivity index (χ0) is 26.8. The van der Waals surface area contributed by atoms with Gasteiger partial charge in [-0.1, -0.05) is 0 Å². The van der Waals surface area contributed by atoms with E-state index in [1.54, 1.807) is 7.11 Å². The number of fused-ring (bicyclic) bond motifs is 1. The minimum Gasteiger partial charge on any atom is -0.497 e. The van der Waals surface area contributed by atoms with Gasteiger partial charge in [0, 0.05) is 89.0 Å². The lowest BCUT2D eigenvalue weighted by atomic mass is 10.1. The summed E-state index contributed by atoms with van der Waals surface area (Å²) in [5.74, 6) is 0.929. The summed E-state index contributed by atoms with van der Waals surface area (Å²) in [6.07, 6.45) is 0. The van der Waals surface area contributed by atoms with Crippen molar-refractivity contribution in [3.05, 3.63) is 30.0 Å². The van der Waals surface area contributed by atoms with Gasteiger partial charge in [-0.2, -0.15) is 0 Å². The molecule has 10 nitrogen and oxygen atoms in total. The lowest BCUT2D eigenvalue weighted by Gasteiger charge is -2.44. The van der Waals surface area contributed by atoms with Gasteiger partial charge in [0.15, 0.2) is 0 Å². The Hall–Kier alpha value is -2.66. The number of hydrogen-bond donors (Lipinski definition) is 1. The van der Waals surface area contributed by atoms with Crippen LogP contribution in [0.25, 0.3) is 10.9 Å². The normalized spacial score (nSPS) is 25.6. The number of rotatable bonds is 6. The first-order valence-corrected chi connectivity index (χ1v) is 13.8. The van der Waals surface area contributed by atoms with Gasteiger partial charge in [0.25, 0.3) is 5.91 Å². The highest BCUT2D eigenvalue weighted by Crippen LogP contribution is 2.25. The molecular weight excluding hydrogens is 484 g/mol. The van der Waals surface area contributed by atoms with E-state index in [0.29, 0.717) is 56.5 Å². The highest BCUT2D eigenvalue weighted by atomic mass is 16.5. The minimum absolute atomic E-state index is 0.00499. The van der Waals surface area contributed by atoms with Crippen LogP contribution in [0.1, 0.15) is 24.3 Å². The van der Waals surface area contributed by atoms with Crippen molar-refractivity contribution in [2.24, 2.45) is 7.05 Å². The van der Waals surface area contributed by atoms with E-state index in [-0.39, 0.29) is 11.8 Å². The summed E-state index contributed by atoms with van der Waals surface area (Å²) >= 11 is 0. The van der Waals surface area contributed by atoms with Crippen molar-refractivity contribution in [1.82, 2.24) is 29.5 Å². The Balaban J connectivity index is 1.18. The summed E-state index contributed by atoms with van der Waals surface area (Å²) in [5.41, 5.74) is 1.62. The molecule has 1 N–H and O–H groups in total. The third-order valence-corrected chi connectivity index (χ3v) is 8.41. The molecule has 3 aliphatic heterocycles. The number of aryl methyl sites for hydroxylation is 1. The number of carbonyl (C=O) groups is 2. The Labute approximate surface area is 225 Å². The van der Waals surface area contributed by atoms with Crippen molar-refractivity contribution in [2.45, 2.75) is 32.0 Å². The molecule has 1 aromatic heterocycles. The maximum absolute atomic E-state index is 13.4. The Morgan fingerprint density at radius 1 is 1.05 bits per heavy atom. The molecule has 0 spiro atoms. The number of methoxy groups -OCH3 is 1. The van der Waals surface area contributed by atoms with Crippen molar-refractivity contribution in [3.63, 3.8) is 0 Å². The smallest absolute Gasteiger partial charge is 0.270 e. The van der Waals surface area contributed by atoms with E-state index in [0.717, 1.165) is 56.0 Å². The number of morpholine rings is 1. The lowest BCUT2D eigenvalue weighted by Crippen LogP contribution is -2.62. The van der Waals surface area contributed by atoms with Crippen molar-refractivity contribution in [1.29, 1.82) is 0 Å². The molecule has 1 aromatic carbocycles. The maximum Gasteiger partial charge on any atom is 0.270 e. The van der Waals surface area contributed by atoms with Gasteiger partial charge < -0.3 is 29.2 Å². The monoisotopic (exact) mass is 526 g/mol. The van der Waals surface area contributed by atoms with Crippen LogP contribution in [0.5, 0.6) is 5.75 Å². The topological polar surface area (TPSA) is 82.5 Å². The largest absolute Gasteiger partial charge is 0.497 e. The second-order valence-electron chi connectivity index (χ2n) is 11.0. The molecule has 38 heavy (non-hydrogen) atoms. The second kappa shape index (κ2) is 11.6. The second-order valence-corrected chi connectivity index (χ2v) is 11.0. The van der Waals surface area contributed by atoms with Crippen LogP contribution in [0.2, 0.25) is 0 Å². The van der Waals surface area contributed by atoms with Gasteiger partial charge in [-0.3, -0.25) is 19.4 Å². The molecule has 0 radical (unpaired) electrons. The summed E-state index contributed by atoms with van der Waals surface area (Å²) in [5, 5.41) is 4.61. The molecule has 2 aromatic rings. The summed E-state index contributed by atoms with van der Waals surface area (Å²) in [4.78, 5) is 35.4. The predicted molar refractivity (Wildman–Crippen MR) is 147 cm³/mol. The van der Waals surface area contributed by atoms with E-state index in [1.165, 1.54) is 0 Å². The molecule has 3 saturated heterocycles. The predicted octanol–water partition coefficient (Wildman–Crippen LogP) is 0.854. The fourth-order valence-electron chi connectivity index (χ4n) is 5.95. The lowest BCUT2D eigenvalue weighted by molar-refractivity contribution is -0.135. The minimum atomic E-state index is 0.00499. The van der Waals surface area contributed by atoms with Crippen molar-refractivity contribution in [3.8, 4) is 5.75 Å².